The zero-order chi connectivity index (χ0) is 15.4. The minimum absolute atomic E-state index is 0.260. The van der Waals surface area contributed by atoms with Crippen molar-refractivity contribution in [2.45, 2.75) is 0 Å². The highest BCUT2D eigenvalue weighted by Crippen LogP contribution is 2.26. The van der Waals surface area contributed by atoms with Crippen LogP contribution in [0.2, 0.25) is 0 Å². The van der Waals surface area contributed by atoms with Crippen LogP contribution >= 0.6 is 15.9 Å². The van der Waals surface area contributed by atoms with E-state index in [4.69, 9.17) is 15.2 Å². The smallest absolute Gasteiger partial charge is 0.255 e. The van der Waals surface area contributed by atoms with E-state index in [0.29, 0.717) is 28.4 Å². The molecule has 2 aromatic rings. The van der Waals surface area contributed by atoms with Gasteiger partial charge in [0.1, 0.15) is 11.5 Å². The largest absolute Gasteiger partial charge is 0.497 e. The Morgan fingerprint density at radius 1 is 1.10 bits per heavy atom. The van der Waals surface area contributed by atoms with Gasteiger partial charge in [0.25, 0.3) is 5.91 Å². The first-order valence-electron chi connectivity index (χ1n) is 6.13. The van der Waals surface area contributed by atoms with Gasteiger partial charge in [0, 0.05) is 39.6 Å². The summed E-state index contributed by atoms with van der Waals surface area (Å²) in [5.41, 5.74) is 7.33. The maximum Gasteiger partial charge on any atom is 0.255 e. The normalized spacial score (nSPS) is 10.0. The van der Waals surface area contributed by atoms with Gasteiger partial charge in [0.2, 0.25) is 0 Å². The number of hydrogen-bond acceptors (Lipinski definition) is 4. The molecule has 0 radical (unpaired) electrons. The van der Waals surface area contributed by atoms with Crippen LogP contribution in [0.3, 0.4) is 0 Å². The molecule has 0 bridgehead atoms. The van der Waals surface area contributed by atoms with Gasteiger partial charge in [-0.1, -0.05) is 0 Å². The fraction of sp³-hybridized carbons (Fsp3) is 0.133. The number of nitrogens with one attached hydrogen (secondary N) is 1. The molecule has 0 spiro atoms. The third-order valence-electron chi connectivity index (χ3n) is 2.87. The minimum atomic E-state index is -0.260. The summed E-state index contributed by atoms with van der Waals surface area (Å²) in [6.45, 7) is 0. The molecule has 0 heterocycles. The van der Waals surface area contributed by atoms with Crippen molar-refractivity contribution in [3.63, 3.8) is 0 Å². The molecule has 0 aromatic heterocycles. The Morgan fingerprint density at radius 2 is 1.71 bits per heavy atom. The molecule has 0 aliphatic carbocycles. The first kappa shape index (κ1) is 15.2. The summed E-state index contributed by atoms with van der Waals surface area (Å²) in [6.07, 6.45) is 0. The number of nitrogen functional groups attached to an aromatic ring is 1. The molecule has 2 rings (SSSR count). The van der Waals surface area contributed by atoms with Gasteiger partial charge in [-0.15, -0.1) is 0 Å². The van der Waals surface area contributed by atoms with Crippen molar-refractivity contribution < 1.29 is 14.3 Å². The Bertz CT molecular complexity index is 652. The molecule has 6 heteroatoms. The van der Waals surface area contributed by atoms with Gasteiger partial charge in [0.05, 0.1) is 14.2 Å². The zero-order valence-corrected chi connectivity index (χ0v) is 13.2. The molecule has 21 heavy (non-hydrogen) atoms. The number of benzene rings is 2. The van der Waals surface area contributed by atoms with E-state index in [2.05, 4.69) is 21.2 Å². The molecule has 0 unspecified atom stereocenters. The van der Waals surface area contributed by atoms with Gasteiger partial charge in [-0.25, -0.2) is 0 Å². The van der Waals surface area contributed by atoms with Crippen molar-refractivity contribution in [2.75, 3.05) is 25.3 Å². The molecule has 0 saturated carbocycles. The number of nitrogens with two attached hydrogens (primary N) is 1. The number of carbonyl (C=O) groups is 1. The van der Waals surface area contributed by atoms with E-state index in [9.17, 15) is 4.79 Å². The lowest BCUT2D eigenvalue weighted by Crippen LogP contribution is -2.12. The van der Waals surface area contributed by atoms with Crippen LogP contribution in [0.5, 0.6) is 11.5 Å². The van der Waals surface area contributed by atoms with E-state index in [1.807, 2.05) is 0 Å². The number of halogens is 1. The van der Waals surface area contributed by atoms with Gasteiger partial charge >= 0.3 is 0 Å². The van der Waals surface area contributed by atoms with E-state index in [0.717, 1.165) is 4.47 Å². The summed E-state index contributed by atoms with van der Waals surface area (Å²) in [5, 5.41) is 2.78. The van der Waals surface area contributed by atoms with E-state index in [1.54, 1.807) is 50.6 Å². The van der Waals surface area contributed by atoms with Crippen LogP contribution in [0.15, 0.2) is 40.9 Å². The fourth-order valence-corrected chi connectivity index (χ4v) is 2.01. The van der Waals surface area contributed by atoms with Crippen molar-refractivity contribution in [2.24, 2.45) is 0 Å². The quantitative estimate of drug-likeness (QED) is 0.829. The SMILES string of the molecule is COc1cc(NC(=O)c2ccc(Br)c(N)c2)cc(OC)c1. The lowest BCUT2D eigenvalue weighted by molar-refractivity contribution is 0.102. The van der Waals surface area contributed by atoms with Crippen molar-refractivity contribution in [1.29, 1.82) is 0 Å². The van der Waals surface area contributed by atoms with Crippen LogP contribution in [0, 0.1) is 0 Å². The molecule has 110 valence electrons. The summed E-state index contributed by atoms with van der Waals surface area (Å²) in [6, 6.07) is 10.2. The maximum absolute atomic E-state index is 12.2. The number of rotatable bonds is 4. The second-order valence-electron chi connectivity index (χ2n) is 4.29. The Balaban J connectivity index is 2.24. The van der Waals surface area contributed by atoms with Crippen LogP contribution < -0.4 is 20.5 Å². The molecule has 1 amide bonds. The number of ether oxygens (including phenoxy) is 2. The highest BCUT2D eigenvalue weighted by atomic mass is 79.9. The highest BCUT2D eigenvalue weighted by molar-refractivity contribution is 9.10. The molecular weight excluding hydrogens is 336 g/mol. The minimum Gasteiger partial charge on any atom is -0.497 e. The Hall–Kier alpha value is -2.21. The first-order valence-corrected chi connectivity index (χ1v) is 6.92. The molecular formula is C15H15BrN2O3. The monoisotopic (exact) mass is 350 g/mol. The van der Waals surface area contributed by atoms with Crippen LogP contribution in [0.4, 0.5) is 11.4 Å². The van der Waals surface area contributed by atoms with E-state index < -0.39 is 0 Å². The number of carbonyl (C=O) groups excluding carboxylic acids is 1. The Kier molecular flexibility index (Phi) is 4.70. The number of anilines is 2. The lowest BCUT2D eigenvalue weighted by atomic mass is 10.2. The van der Waals surface area contributed by atoms with Crippen molar-refractivity contribution >= 4 is 33.2 Å². The summed E-state index contributed by atoms with van der Waals surface area (Å²) in [7, 11) is 3.10. The van der Waals surface area contributed by atoms with Crippen molar-refractivity contribution in [3.8, 4) is 11.5 Å². The standard InChI is InChI=1S/C15H15BrN2O3/c1-20-11-6-10(7-12(8-11)21-2)18-15(19)9-3-4-13(16)14(17)5-9/h3-8H,17H2,1-2H3,(H,18,19). The molecule has 2 aromatic carbocycles. The molecule has 0 saturated heterocycles. The third-order valence-corrected chi connectivity index (χ3v) is 3.59. The van der Waals surface area contributed by atoms with Crippen molar-refractivity contribution in [1.82, 2.24) is 0 Å². The predicted octanol–water partition coefficient (Wildman–Crippen LogP) is 3.30. The Labute approximate surface area is 131 Å². The van der Waals surface area contributed by atoms with Gasteiger partial charge in [0.15, 0.2) is 0 Å². The molecule has 3 N–H and O–H groups in total. The van der Waals surface area contributed by atoms with E-state index >= 15 is 0 Å². The molecule has 0 aliphatic rings. The van der Waals surface area contributed by atoms with Crippen LogP contribution in [-0.4, -0.2) is 20.1 Å². The van der Waals surface area contributed by atoms with E-state index in [1.165, 1.54) is 0 Å². The average Bonchev–Trinajstić information content (AvgIpc) is 2.49. The first-order chi connectivity index (χ1) is 10.0. The van der Waals surface area contributed by atoms with Gasteiger partial charge in [-0.05, 0) is 34.1 Å². The third kappa shape index (κ3) is 3.66. The number of amides is 1. The van der Waals surface area contributed by atoms with Gasteiger partial charge < -0.3 is 20.5 Å². The average molecular weight is 351 g/mol. The van der Waals surface area contributed by atoms with E-state index in [-0.39, 0.29) is 5.91 Å². The number of methoxy groups -OCH3 is 2. The van der Waals surface area contributed by atoms with Crippen molar-refractivity contribution in [3.05, 3.63) is 46.4 Å². The highest BCUT2D eigenvalue weighted by Gasteiger charge is 2.09. The van der Waals surface area contributed by atoms with Crippen LogP contribution in [0.1, 0.15) is 10.4 Å². The number of hydrogen-bond donors (Lipinski definition) is 2. The molecule has 5 nitrogen and oxygen atoms in total. The second kappa shape index (κ2) is 6.49. The summed E-state index contributed by atoms with van der Waals surface area (Å²) in [5.74, 6) is 0.935. The summed E-state index contributed by atoms with van der Waals surface area (Å²) < 4.78 is 11.1. The molecule has 0 fully saturated rings. The van der Waals surface area contributed by atoms with Crippen LogP contribution in [0.25, 0.3) is 0 Å². The predicted molar refractivity (Wildman–Crippen MR) is 86.1 cm³/mol. The second-order valence-corrected chi connectivity index (χ2v) is 5.15. The molecule has 0 atom stereocenters. The van der Waals surface area contributed by atoms with Gasteiger partial charge in [-0.2, -0.15) is 0 Å². The lowest BCUT2D eigenvalue weighted by Gasteiger charge is -2.10. The topological polar surface area (TPSA) is 73.6 Å². The van der Waals surface area contributed by atoms with Gasteiger partial charge in [-0.3, -0.25) is 4.79 Å². The zero-order valence-electron chi connectivity index (χ0n) is 11.6. The molecule has 0 aliphatic heterocycles. The Morgan fingerprint density at radius 3 is 2.24 bits per heavy atom. The fourth-order valence-electron chi connectivity index (χ4n) is 1.77. The van der Waals surface area contributed by atoms with Crippen LogP contribution in [-0.2, 0) is 0 Å². The summed E-state index contributed by atoms with van der Waals surface area (Å²) >= 11 is 3.29. The maximum atomic E-state index is 12.2. The summed E-state index contributed by atoms with van der Waals surface area (Å²) in [4.78, 5) is 12.2.